The zero-order valence-electron chi connectivity index (χ0n) is 21.0. The molecule has 0 spiro atoms. The van der Waals surface area contributed by atoms with Crippen LogP contribution in [-0.4, -0.2) is 61.5 Å². The van der Waals surface area contributed by atoms with Gasteiger partial charge in [0, 0.05) is 44.8 Å². The average molecular weight is 527 g/mol. The van der Waals surface area contributed by atoms with E-state index in [9.17, 15) is 22.8 Å². The molecule has 0 aliphatic heterocycles. The fourth-order valence-electron chi connectivity index (χ4n) is 3.90. The van der Waals surface area contributed by atoms with Gasteiger partial charge in [0.05, 0.1) is 6.04 Å². The van der Waals surface area contributed by atoms with Crippen LogP contribution in [0.15, 0.2) is 40.8 Å². The molecule has 0 saturated carbocycles. The first kappa shape index (κ1) is 30.3. The fraction of sp³-hybridized carbons (Fsp3) is 0.520. The van der Waals surface area contributed by atoms with Crippen molar-refractivity contribution in [3.05, 3.63) is 59.0 Å². The second kappa shape index (κ2) is 14.7. The van der Waals surface area contributed by atoms with Gasteiger partial charge in [0.25, 0.3) is 0 Å². The van der Waals surface area contributed by atoms with Crippen molar-refractivity contribution < 1.29 is 27.2 Å². The molecule has 0 radical (unpaired) electrons. The second-order valence-electron chi connectivity index (χ2n) is 8.83. The normalized spacial score (nSPS) is 13.4. The van der Waals surface area contributed by atoms with E-state index in [2.05, 4.69) is 10.6 Å². The number of hydrogen-bond acceptors (Lipinski definition) is 7. The van der Waals surface area contributed by atoms with Crippen molar-refractivity contribution in [2.75, 3.05) is 32.7 Å². The number of nitrogens with zero attached hydrogens (tertiary/aromatic N) is 1. The number of carbonyl (C=O) groups is 2. The summed E-state index contributed by atoms with van der Waals surface area (Å²) >= 11 is 0. The van der Waals surface area contributed by atoms with Crippen LogP contribution in [0.2, 0.25) is 0 Å². The maximum atomic E-state index is 13.2. The van der Waals surface area contributed by atoms with Crippen molar-refractivity contribution in [3.8, 4) is 0 Å². The number of benzene rings is 1. The monoisotopic (exact) mass is 526 g/mol. The van der Waals surface area contributed by atoms with Crippen LogP contribution in [0.1, 0.15) is 35.5 Å². The van der Waals surface area contributed by atoms with E-state index in [1.165, 1.54) is 13.0 Å². The summed E-state index contributed by atoms with van der Waals surface area (Å²) in [5.41, 5.74) is 18.0. The maximum absolute atomic E-state index is 13.2. The number of carbonyl (C=O) groups excluding carboxylic acids is 2. The Labute approximate surface area is 214 Å². The first-order chi connectivity index (χ1) is 17.5. The number of hydrogen-bond donors (Lipinski definition) is 5. The minimum Gasteiger partial charge on any atom is -0.456 e. The highest BCUT2D eigenvalue weighted by Gasteiger charge is 2.38. The van der Waals surface area contributed by atoms with Crippen LogP contribution in [0.4, 0.5) is 13.2 Å². The zero-order chi connectivity index (χ0) is 27.4. The third kappa shape index (κ3) is 10.2. The van der Waals surface area contributed by atoms with Gasteiger partial charge in [-0.15, -0.1) is 0 Å². The molecule has 1 heterocycles. The highest BCUT2D eigenvalue weighted by Crippen LogP contribution is 2.34. The number of nitrogens with two attached hydrogens (primary N) is 3. The molecule has 2 atom stereocenters. The largest absolute Gasteiger partial charge is 0.456 e. The van der Waals surface area contributed by atoms with Gasteiger partial charge >= 0.3 is 6.18 Å². The van der Waals surface area contributed by atoms with E-state index in [1.807, 2.05) is 35.2 Å². The second-order valence-corrected chi connectivity index (χ2v) is 8.83. The Morgan fingerprint density at radius 3 is 2.27 bits per heavy atom. The van der Waals surface area contributed by atoms with Gasteiger partial charge in [-0.25, -0.2) is 0 Å². The number of furan rings is 1. The lowest BCUT2D eigenvalue weighted by molar-refractivity contribution is -0.154. The molecule has 2 aromatic rings. The predicted octanol–water partition coefficient (Wildman–Crippen LogP) is 1.28. The van der Waals surface area contributed by atoms with Gasteiger partial charge in [-0.2, -0.15) is 13.2 Å². The summed E-state index contributed by atoms with van der Waals surface area (Å²) in [6.07, 6.45) is -3.67. The number of nitrogens with one attached hydrogen (secondary N) is 2. The summed E-state index contributed by atoms with van der Waals surface area (Å²) < 4.78 is 44.5. The van der Waals surface area contributed by atoms with Gasteiger partial charge in [0.1, 0.15) is 11.8 Å². The van der Waals surface area contributed by atoms with Crippen molar-refractivity contribution >= 4 is 11.8 Å². The van der Waals surface area contributed by atoms with E-state index in [1.54, 1.807) is 0 Å². The molecule has 0 fully saturated rings. The summed E-state index contributed by atoms with van der Waals surface area (Å²) in [6, 6.07) is 8.68. The molecule has 2 unspecified atom stereocenters. The van der Waals surface area contributed by atoms with Crippen molar-refractivity contribution in [3.63, 3.8) is 0 Å². The maximum Gasteiger partial charge on any atom is 0.449 e. The lowest BCUT2D eigenvalue weighted by Crippen LogP contribution is -2.52. The van der Waals surface area contributed by atoms with Crippen LogP contribution in [-0.2, 0) is 28.7 Å². The molecule has 1 aromatic heterocycles. The molecule has 1 aromatic carbocycles. The average Bonchev–Trinajstić information content (AvgIpc) is 3.25. The lowest BCUT2D eigenvalue weighted by atomic mass is 10.0. The van der Waals surface area contributed by atoms with E-state index in [-0.39, 0.29) is 17.7 Å². The van der Waals surface area contributed by atoms with Gasteiger partial charge in [-0.1, -0.05) is 30.3 Å². The summed E-state index contributed by atoms with van der Waals surface area (Å²) in [5, 5.41) is 5.17. The van der Waals surface area contributed by atoms with Crippen LogP contribution < -0.4 is 27.8 Å². The van der Waals surface area contributed by atoms with Crippen LogP contribution in [0.5, 0.6) is 0 Å². The van der Waals surface area contributed by atoms with Gasteiger partial charge in [0.15, 0.2) is 0 Å². The molecule has 37 heavy (non-hydrogen) atoms. The summed E-state index contributed by atoms with van der Waals surface area (Å²) in [6.45, 7) is 3.60. The molecular formula is C25H37F3N6O3. The quantitative estimate of drug-likeness (QED) is 0.234. The zero-order valence-corrected chi connectivity index (χ0v) is 21.0. The van der Waals surface area contributed by atoms with Crippen LogP contribution in [0, 0.1) is 6.92 Å². The van der Waals surface area contributed by atoms with E-state index >= 15 is 0 Å². The third-order valence-corrected chi connectivity index (χ3v) is 5.82. The summed E-state index contributed by atoms with van der Waals surface area (Å²) in [5.74, 6) is -2.22. The number of aryl methyl sites for hydroxylation is 2. The Bertz CT molecular complexity index is 978. The van der Waals surface area contributed by atoms with Crippen molar-refractivity contribution in [1.29, 1.82) is 0 Å². The summed E-state index contributed by atoms with van der Waals surface area (Å²) in [7, 11) is 0. The Balaban J connectivity index is 2.06. The van der Waals surface area contributed by atoms with Gasteiger partial charge < -0.3 is 37.2 Å². The van der Waals surface area contributed by atoms with E-state index < -0.39 is 42.4 Å². The molecular weight excluding hydrogens is 489 g/mol. The molecule has 0 bridgehead atoms. The first-order valence-corrected chi connectivity index (χ1v) is 12.2. The number of alkyl halides is 3. The van der Waals surface area contributed by atoms with Gasteiger partial charge in [-0.05, 0) is 37.8 Å². The standard InChI is InChI=1S/C25H37F3N6O3/c1-17-15-19(22(37-17)25(26,27)28)16-32-24(36)21(8-7-18-5-3-2-4-6-18)33-23(35)20(31)9-12-34(13-10-29)14-11-30/h2-6,15,20-21H,7-14,16,29-31H2,1H3,(H,32,36)(H,33,35). The molecule has 8 N–H and O–H groups in total. The number of halogens is 3. The molecule has 12 heteroatoms. The minimum atomic E-state index is -4.69. The van der Waals surface area contributed by atoms with Crippen molar-refractivity contribution in [2.45, 2.75) is 51.0 Å². The molecule has 0 aliphatic carbocycles. The fourth-order valence-corrected chi connectivity index (χ4v) is 3.90. The Hall–Kier alpha value is -2.93. The van der Waals surface area contributed by atoms with Crippen molar-refractivity contribution in [2.24, 2.45) is 17.2 Å². The molecule has 2 amide bonds. The van der Waals surface area contributed by atoms with Gasteiger partial charge in [-0.3, -0.25) is 9.59 Å². The Morgan fingerprint density at radius 2 is 1.68 bits per heavy atom. The minimum absolute atomic E-state index is 0.0785. The van der Waals surface area contributed by atoms with Crippen LogP contribution in [0.25, 0.3) is 0 Å². The van der Waals surface area contributed by atoms with Crippen LogP contribution in [0.3, 0.4) is 0 Å². The predicted molar refractivity (Wildman–Crippen MR) is 134 cm³/mol. The molecule has 206 valence electrons. The van der Waals surface area contributed by atoms with E-state index in [4.69, 9.17) is 21.6 Å². The van der Waals surface area contributed by atoms with Gasteiger partial charge in [0.2, 0.25) is 17.6 Å². The summed E-state index contributed by atoms with van der Waals surface area (Å²) in [4.78, 5) is 27.8. The Morgan fingerprint density at radius 1 is 1.03 bits per heavy atom. The highest BCUT2D eigenvalue weighted by atomic mass is 19.4. The van der Waals surface area contributed by atoms with Crippen LogP contribution >= 0.6 is 0 Å². The SMILES string of the molecule is Cc1cc(CNC(=O)C(CCc2ccccc2)NC(=O)C(N)CCN(CCN)CCN)c(C(F)(F)F)o1. The Kier molecular flexibility index (Phi) is 12.1. The number of rotatable bonds is 15. The molecule has 0 saturated heterocycles. The van der Waals surface area contributed by atoms with E-state index in [0.29, 0.717) is 45.6 Å². The topological polar surface area (TPSA) is 153 Å². The highest BCUT2D eigenvalue weighted by molar-refractivity contribution is 5.89. The molecule has 9 nitrogen and oxygen atoms in total. The molecule has 2 rings (SSSR count). The third-order valence-electron chi connectivity index (χ3n) is 5.82. The van der Waals surface area contributed by atoms with Crippen molar-refractivity contribution in [1.82, 2.24) is 15.5 Å². The van der Waals surface area contributed by atoms with E-state index in [0.717, 1.165) is 5.56 Å². The molecule has 0 aliphatic rings. The number of amides is 2. The lowest BCUT2D eigenvalue weighted by Gasteiger charge is -2.24. The smallest absolute Gasteiger partial charge is 0.449 e. The first-order valence-electron chi connectivity index (χ1n) is 12.2.